The van der Waals surface area contributed by atoms with Crippen LogP contribution in [0, 0.1) is 0 Å². The first-order valence-corrected chi connectivity index (χ1v) is 5.78. The zero-order valence-electron chi connectivity index (χ0n) is 7.71. The Balaban J connectivity index is 2.99. The molecule has 0 heterocycles. The van der Waals surface area contributed by atoms with Crippen LogP contribution in [-0.4, -0.2) is 13.5 Å². The van der Waals surface area contributed by atoms with Crippen molar-refractivity contribution in [3.05, 3.63) is 36.4 Å². The predicted molar refractivity (Wildman–Crippen MR) is 57.0 cm³/mol. The van der Waals surface area contributed by atoms with E-state index in [1.54, 1.807) is 24.3 Å². The molecule has 15 heavy (non-hydrogen) atoms. The monoisotopic (exact) mass is 223 g/mol. The van der Waals surface area contributed by atoms with E-state index in [1.807, 2.05) is 0 Å². The second kappa shape index (κ2) is 3.22. The highest BCUT2D eigenvalue weighted by atomic mass is 32.2. The van der Waals surface area contributed by atoms with Crippen molar-refractivity contribution in [1.29, 1.82) is 0 Å². The van der Waals surface area contributed by atoms with Gasteiger partial charge in [0.05, 0.1) is 4.90 Å². The maximum absolute atomic E-state index is 11.3. The van der Waals surface area contributed by atoms with Crippen LogP contribution >= 0.6 is 0 Å². The lowest BCUT2D eigenvalue weighted by molar-refractivity contribution is 0.480. The van der Waals surface area contributed by atoms with Crippen molar-refractivity contribution < 1.29 is 13.5 Å². The Kier molecular flexibility index (Phi) is 2.13. The zero-order valence-corrected chi connectivity index (χ0v) is 8.53. The Morgan fingerprint density at radius 3 is 2.27 bits per heavy atom. The van der Waals surface area contributed by atoms with Crippen molar-refractivity contribution in [3.63, 3.8) is 0 Å². The molecule has 3 N–H and O–H groups in total. The van der Waals surface area contributed by atoms with Gasteiger partial charge in [0.15, 0.2) is 0 Å². The molecule has 0 spiro atoms. The molecule has 0 aliphatic carbocycles. The van der Waals surface area contributed by atoms with E-state index in [4.69, 9.17) is 5.14 Å². The average Bonchev–Trinajstić information content (AvgIpc) is 2.16. The summed E-state index contributed by atoms with van der Waals surface area (Å²) in [4.78, 5) is -0.0573. The van der Waals surface area contributed by atoms with Crippen LogP contribution in [0.3, 0.4) is 0 Å². The summed E-state index contributed by atoms with van der Waals surface area (Å²) in [7, 11) is -3.81. The summed E-state index contributed by atoms with van der Waals surface area (Å²) < 4.78 is 22.5. The van der Waals surface area contributed by atoms with Crippen molar-refractivity contribution in [2.75, 3.05) is 0 Å². The molecule has 0 radical (unpaired) electrons. The average molecular weight is 223 g/mol. The van der Waals surface area contributed by atoms with Crippen LogP contribution in [0.5, 0.6) is 5.75 Å². The van der Waals surface area contributed by atoms with Gasteiger partial charge in [0.2, 0.25) is 10.0 Å². The molecule has 2 rings (SSSR count). The van der Waals surface area contributed by atoms with Gasteiger partial charge in [0, 0.05) is 5.39 Å². The fraction of sp³-hybridized carbons (Fsp3) is 0. The van der Waals surface area contributed by atoms with Gasteiger partial charge in [-0.1, -0.05) is 24.3 Å². The maximum atomic E-state index is 11.3. The van der Waals surface area contributed by atoms with Crippen LogP contribution in [-0.2, 0) is 10.0 Å². The Morgan fingerprint density at radius 2 is 1.67 bits per heavy atom. The molecule has 0 bridgehead atoms. The first-order valence-electron chi connectivity index (χ1n) is 4.23. The summed E-state index contributed by atoms with van der Waals surface area (Å²) in [5, 5.41) is 15.6. The summed E-state index contributed by atoms with van der Waals surface area (Å²) in [5.41, 5.74) is 0. The number of hydrogen-bond donors (Lipinski definition) is 2. The zero-order chi connectivity index (χ0) is 11.1. The van der Waals surface area contributed by atoms with Gasteiger partial charge in [0.1, 0.15) is 5.75 Å². The number of nitrogens with two attached hydrogens (primary N) is 1. The summed E-state index contributed by atoms with van der Waals surface area (Å²) >= 11 is 0. The Labute approximate surface area is 87.0 Å². The topological polar surface area (TPSA) is 80.4 Å². The van der Waals surface area contributed by atoms with E-state index in [0.717, 1.165) is 0 Å². The minimum atomic E-state index is -3.81. The molecule has 5 heteroatoms. The molecule has 0 atom stereocenters. The van der Waals surface area contributed by atoms with Crippen LogP contribution in [0.4, 0.5) is 0 Å². The molecule has 0 amide bonds. The number of sulfonamides is 1. The normalized spacial score (nSPS) is 11.8. The fourth-order valence-electron chi connectivity index (χ4n) is 1.52. The first-order chi connectivity index (χ1) is 7.00. The molecule has 0 aromatic heterocycles. The molecular weight excluding hydrogens is 214 g/mol. The van der Waals surface area contributed by atoms with Crippen LogP contribution in [0.2, 0.25) is 0 Å². The van der Waals surface area contributed by atoms with Crippen LogP contribution in [0.1, 0.15) is 0 Å². The highest BCUT2D eigenvalue weighted by Gasteiger charge is 2.14. The molecule has 0 saturated heterocycles. The Bertz CT molecular complexity index is 614. The number of benzene rings is 2. The van der Waals surface area contributed by atoms with Crippen molar-refractivity contribution in [2.45, 2.75) is 4.90 Å². The van der Waals surface area contributed by atoms with Crippen molar-refractivity contribution >= 4 is 20.8 Å². The smallest absolute Gasteiger partial charge is 0.238 e. The molecule has 0 aliphatic heterocycles. The first kappa shape index (κ1) is 9.95. The standard InChI is InChI=1S/C10H9NO3S/c11-15(13,14)9-6-2-4-7-3-1-5-8(12)10(7)9/h1-6,12H,(H2,11,13,14). The highest BCUT2D eigenvalue weighted by molar-refractivity contribution is 7.89. The van der Waals surface area contributed by atoms with Gasteiger partial charge in [-0.05, 0) is 17.5 Å². The van der Waals surface area contributed by atoms with Gasteiger partial charge in [-0.3, -0.25) is 0 Å². The lowest BCUT2D eigenvalue weighted by Gasteiger charge is -2.05. The van der Waals surface area contributed by atoms with Gasteiger partial charge in [-0.25, -0.2) is 13.6 Å². The number of phenolic OH excluding ortho intramolecular Hbond substituents is 1. The van der Waals surface area contributed by atoms with Gasteiger partial charge in [-0.15, -0.1) is 0 Å². The van der Waals surface area contributed by atoms with Gasteiger partial charge < -0.3 is 5.11 Å². The molecule has 0 fully saturated rings. The van der Waals surface area contributed by atoms with E-state index in [9.17, 15) is 13.5 Å². The third kappa shape index (κ3) is 1.67. The number of phenols is 1. The minimum absolute atomic E-state index is 0.0573. The maximum Gasteiger partial charge on any atom is 0.238 e. The van der Waals surface area contributed by atoms with Gasteiger partial charge in [0.25, 0.3) is 0 Å². The molecular formula is C10H9NO3S. The molecule has 0 saturated carbocycles. The van der Waals surface area contributed by atoms with Crippen molar-refractivity contribution in [3.8, 4) is 5.75 Å². The number of rotatable bonds is 1. The lowest BCUT2D eigenvalue weighted by atomic mass is 10.1. The number of hydrogen-bond acceptors (Lipinski definition) is 3. The van der Waals surface area contributed by atoms with Crippen LogP contribution in [0.15, 0.2) is 41.3 Å². The SMILES string of the molecule is NS(=O)(=O)c1cccc2cccc(O)c12. The molecule has 2 aromatic carbocycles. The summed E-state index contributed by atoms with van der Waals surface area (Å²) in [6.07, 6.45) is 0. The van der Waals surface area contributed by atoms with E-state index >= 15 is 0 Å². The van der Waals surface area contributed by atoms with Crippen LogP contribution in [0.25, 0.3) is 10.8 Å². The molecule has 4 nitrogen and oxygen atoms in total. The van der Waals surface area contributed by atoms with E-state index in [0.29, 0.717) is 5.39 Å². The second-order valence-corrected chi connectivity index (χ2v) is 4.71. The lowest BCUT2D eigenvalue weighted by Crippen LogP contribution is -2.12. The number of fused-ring (bicyclic) bond motifs is 1. The van der Waals surface area contributed by atoms with Crippen molar-refractivity contribution in [2.24, 2.45) is 5.14 Å². The quantitative estimate of drug-likeness (QED) is 0.762. The third-order valence-electron chi connectivity index (χ3n) is 2.15. The minimum Gasteiger partial charge on any atom is -0.507 e. The van der Waals surface area contributed by atoms with E-state index < -0.39 is 10.0 Å². The Morgan fingerprint density at radius 1 is 1.07 bits per heavy atom. The van der Waals surface area contributed by atoms with E-state index in [1.165, 1.54) is 12.1 Å². The fourth-order valence-corrected chi connectivity index (χ4v) is 2.30. The predicted octanol–water partition coefficient (Wildman–Crippen LogP) is 1.19. The second-order valence-electron chi connectivity index (χ2n) is 3.18. The van der Waals surface area contributed by atoms with E-state index in [-0.39, 0.29) is 16.0 Å². The number of primary sulfonamides is 1. The van der Waals surface area contributed by atoms with Crippen molar-refractivity contribution in [1.82, 2.24) is 0 Å². The van der Waals surface area contributed by atoms with Crippen LogP contribution < -0.4 is 5.14 Å². The van der Waals surface area contributed by atoms with Gasteiger partial charge in [-0.2, -0.15) is 0 Å². The summed E-state index contributed by atoms with van der Waals surface area (Å²) in [6.45, 7) is 0. The Hall–Kier alpha value is -1.59. The molecule has 2 aromatic rings. The van der Waals surface area contributed by atoms with E-state index in [2.05, 4.69) is 0 Å². The highest BCUT2D eigenvalue weighted by Crippen LogP contribution is 2.29. The summed E-state index contributed by atoms with van der Waals surface area (Å²) in [6, 6.07) is 9.45. The van der Waals surface area contributed by atoms with Gasteiger partial charge >= 0.3 is 0 Å². The summed E-state index contributed by atoms with van der Waals surface area (Å²) in [5.74, 6) is -0.0860. The third-order valence-corrected chi connectivity index (χ3v) is 3.10. The molecule has 78 valence electrons. The molecule has 0 aliphatic rings. The largest absolute Gasteiger partial charge is 0.507 e. The molecule has 0 unspecified atom stereocenters. The number of aromatic hydroxyl groups is 1.